The second-order valence-electron chi connectivity index (χ2n) is 8.00. The fourth-order valence-electron chi connectivity index (χ4n) is 4.05. The van der Waals surface area contributed by atoms with Crippen LogP contribution in [0.3, 0.4) is 0 Å². The highest BCUT2D eigenvalue weighted by Gasteiger charge is 2.19. The Morgan fingerprint density at radius 3 is 2.89 bits per heavy atom. The van der Waals surface area contributed by atoms with Gasteiger partial charge in [-0.1, -0.05) is 24.3 Å². The van der Waals surface area contributed by atoms with Crippen LogP contribution in [0.25, 0.3) is 0 Å². The molecule has 0 aromatic carbocycles. The Balaban J connectivity index is 0.00000280. The second-order valence-corrected chi connectivity index (χ2v) is 8.00. The number of rotatable bonds is 8. The van der Waals surface area contributed by atoms with Crippen LogP contribution in [0.2, 0.25) is 0 Å². The SMILES string of the molecule is Cc1ccnc(C(=O)NCCCN2CCC(CCC3C=CC=CC3)CC2)c1.[HH]. The number of nitrogens with one attached hydrogen (secondary N) is 1. The summed E-state index contributed by atoms with van der Waals surface area (Å²) in [6, 6.07) is 3.74. The van der Waals surface area contributed by atoms with Gasteiger partial charge in [-0.05, 0) is 94.6 Å². The third-order valence-electron chi connectivity index (χ3n) is 5.81. The van der Waals surface area contributed by atoms with E-state index in [1.807, 2.05) is 19.1 Å². The van der Waals surface area contributed by atoms with Crippen LogP contribution in [-0.4, -0.2) is 42.0 Å². The maximum Gasteiger partial charge on any atom is 0.269 e. The number of nitrogens with zero attached hydrogens (tertiary/aromatic N) is 2. The maximum absolute atomic E-state index is 12.1. The number of pyridine rings is 1. The summed E-state index contributed by atoms with van der Waals surface area (Å²) in [4.78, 5) is 18.8. The Labute approximate surface area is 165 Å². The number of amides is 1. The number of piperidine rings is 1. The first-order chi connectivity index (χ1) is 13.2. The topological polar surface area (TPSA) is 45.2 Å². The molecule has 1 aromatic rings. The maximum atomic E-state index is 12.1. The van der Waals surface area contributed by atoms with E-state index in [1.54, 1.807) is 6.20 Å². The van der Waals surface area contributed by atoms with Gasteiger partial charge in [0, 0.05) is 14.2 Å². The highest BCUT2D eigenvalue weighted by Crippen LogP contribution is 2.26. The molecule has 1 atom stereocenters. The summed E-state index contributed by atoms with van der Waals surface area (Å²) in [6.07, 6.45) is 18.3. The molecule has 0 saturated carbocycles. The van der Waals surface area contributed by atoms with Crippen molar-refractivity contribution in [2.45, 2.75) is 45.4 Å². The van der Waals surface area contributed by atoms with Crippen LogP contribution in [0.4, 0.5) is 0 Å². The standard InChI is InChI=1S/C23H33N3O.H2/c1-19-10-14-24-22(18-19)23(27)25-13-5-15-26-16-11-21(12-17-26)9-8-20-6-3-2-4-7-20;/h2-4,6,10,14,18,20-21H,5,7-9,11-13,15-17H2,1H3,(H,25,27);1H. The van der Waals surface area contributed by atoms with Crippen molar-refractivity contribution >= 4 is 5.91 Å². The van der Waals surface area contributed by atoms with Crippen molar-refractivity contribution in [2.24, 2.45) is 11.8 Å². The number of carbonyl (C=O) groups excluding carboxylic acids is 1. The molecule has 4 nitrogen and oxygen atoms in total. The van der Waals surface area contributed by atoms with Gasteiger partial charge in [-0.3, -0.25) is 9.78 Å². The van der Waals surface area contributed by atoms with Crippen LogP contribution in [0.5, 0.6) is 0 Å². The number of aromatic nitrogens is 1. The van der Waals surface area contributed by atoms with Crippen LogP contribution in [0.15, 0.2) is 42.6 Å². The molecule has 1 saturated heterocycles. The molecule has 3 rings (SSSR count). The molecule has 1 unspecified atom stereocenters. The molecule has 148 valence electrons. The van der Waals surface area contributed by atoms with Crippen molar-refractivity contribution in [2.75, 3.05) is 26.2 Å². The van der Waals surface area contributed by atoms with E-state index in [9.17, 15) is 4.79 Å². The van der Waals surface area contributed by atoms with E-state index < -0.39 is 0 Å². The van der Waals surface area contributed by atoms with Gasteiger partial charge >= 0.3 is 0 Å². The average molecular weight is 370 g/mol. The lowest BCUT2D eigenvalue weighted by atomic mass is 9.86. The first kappa shape index (κ1) is 19.8. The quantitative estimate of drug-likeness (QED) is 0.692. The minimum atomic E-state index is -0.0657. The third-order valence-corrected chi connectivity index (χ3v) is 5.81. The number of allylic oxidation sites excluding steroid dienone is 4. The predicted molar refractivity (Wildman–Crippen MR) is 113 cm³/mol. The molecule has 1 N–H and O–H groups in total. The molecule has 27 heavy (non-hydrogen) atoms. The van der Waals surface area contributed by atoms with E-state index in [0.717, 1.165) is 36.9 Å². The fraction of sp³-hybridized carbons (Fsp3) is 0.565. The van der Waals surface area contributed by atoms with Crippen molar-refractivity contribution < 1.29 is 6.22 Å². The van der Waals surface area contributed by atoms with E-state index in [1.165, 1.54) is 45.2 Å². The fourth-order valence-corrected chi connectivity index (χ4v) is 4.05. The Morgan fingerprint density at radius 1 is 1.30 bits per heavy atom. The zero-order chi connectivity index (χ0) is 18.9. The van der Waals surface area contributed by atoms with E-state index in [4.69, 9.17) is 0 Å². The summed E-state index contributed by atoms with van der Waals surface area (Å²) in [5, 5.41) is 2.99. The Morgan fingerprint density at radius 2 is 2.15 bits per heavy atom. The van der Waals surface area contributed by atoms with Gasteiger partial charge in [-0.2, -0.15) is 0 Å². The lowest BCUT2D eigenvalue weighted by molar-refractivity contribution is 0.0945. The molecular formula is C23H35N3O. The minimum absolute atomic E-state index is 0. The van der Waals surface area contributed by atoms with Gasteiger partial charge in [-0.25, -0.2) is 0 Å². The second kappa shape index (κ2) is 10.4. The smallest absolute Gasteiger partial charge is 0.269 e. The first-order valence-electron chi connectivity index (χ1n) is 10.5. The van der Waals surface area contributed by atoms with Crippen LogP contribution >= 0.6 is 0 Å². The molecule has 0 radical (unpaired) electrons. The van der Waals surface area contributed by atoms with Crippen molar-refractivity contribution in [1.82, 2.24) is 15.2 Å². The Kier molecular flexibility index (Phi) is 7.64. The molecule has 1 aromatic heterocycles. The van der Waals surface area contributed by atoms with E-state index in [0.29, 0.717) is 5.69 Å². The first-order valence-corrected chi connectivity index (χ1v) is 10.5. The van der Waals surface area contributed by atoms with Gasteiger partial charge in [0.2, 0.25) is 0 Å². The van der Waals surface area contributed by atoms with Crippen molar-refractivity contribution in [3.63, 3.8) is 0 Å². The minimum Gasteiger partial charge on any atom is -0.351 e. The predicted octanol–water partition coefficient (Wildman–Crippen LogP) is 4.38. The summed E-state index contributed by atoms with van der Waals surface area (Å²) in [5.41, 5.74) is 1.58. The van der Waals surface area contributed by atoms with Crippen LogP contribution in [0, 0.1) is 18.8 Å². The summed E-state index contributed by atoms with van der Waals surface area (Å²) in [7, 11) is 0. The molecule has 0 spiro atoms. The number of carbonyl (C=O) groups is 1. The normalized spacial score (nSPS) is 20.7. The number of hydrogen-bond donors (Lipinski definition) is 1. The summed E-state index contributed by atoms with van der Waals surface area (Å²) >= 11 is 0. The van der Waals surface area contributed by atoms with Crippen molar-refractivity contribution in [3.8, 4) is 0 Å². The van der Waals surface area contributed by atoms with Crippen LogP contribution in [0.1, 0.15) is 56.0 Å². The monoisotopic (exact) mass is 369 g/mol. The molecule has 1 aliphatic heterocycles. The lowest BCUT2D eigenvalue weighted by Crippen LogP contribution is -2.36. The highest BCUT2D eigenvalue weighted by atomic mass is 16.1. The van der Waals surface area contributed by atoms with Crippen LogP contribution < -0.4 is 5.32 Å². The van der Waals surface area contributed by atoms with Crippen LogP contribution in [-0.2, 0) is 0 Å². The van der Waals surface area contributed by atoms with Crippen molar-refractivity contribution in [1.29, 1.82) is 0 Å². The third kappa shape index (κ3) is 6.62. The number of aryl methyl sites for hydroxylation is 1. The zero-order valence-electron chi connectivity index (χ0n) is 16.6. The summed E-state index contributed by atoms with van der Waals surface area (Å²) in [6.45, 7) is 6.18. The van der Waals surface area contributed by atoms with E-state index >= 15 is 0 Å². The zero-order valence-corrected chi connectivity index (χ0v) is 16.6. The molecule has 2 aliphatic rings. The Bertz CT molecular complexity index is 666. The molecule has 0 bridgehead atoms. The van der Waals surface area contributed by atoms with E-state index in [-0.39, 0.29) is 7.33 Å². The van der Waals surface area contributed by atoms with Gasteiger partial charge in [0.15, 0.2) is 0 Å². The molecular weight excluding hydrogens is 334 g/mol. The summed E-state index contributed by atoms with van der Waals surface area (Å²) < 4.78 is 0. The molecule has 1 fully saturated rings. The average Bonchev–Trinajstić information content (AvgIpc) is 2.71. The van der Waals surface area contributed by atoms with Gasteiger partial charge in [0.05, 0.1) is 0 Å². The van der Waals surface area contributed by atoms with Gasteiger partial charge < -0.3 is 10.2 Å². The molecule has 2 heterocycles. The lowest BCUT2D eigenvalue weighted by Gasteiger charge is -2.32. The number of likely N-dealkylation sites (tertiary alicyclic amines) is 1. The largest absolute Gasteiger partial charge is 0.351 e. The molecule has 1 amide bonds. The molecule has 1 aliphatic carbocycles. The van der Waals surface area contributed by atoms with Crippen molar-refractivity contribution in [3.05, 3.63) is 53.9 Å². The van der Waals surface area contributed by atoms with Gasteiger partial charge in [0.1, 0.15) is 5.69 Å². The molecule has 4 heteroatoms. The van der Waals surface area contributed by atoms with E-state index in [2.05, 4.69) is 39.5 Å². The van der Waals surface area contributed by atoms with Gasteiger partial charge in [0.25, 0.3) is 5.91 Å². The number of hydrogen-bond acceptors (Lipinski definition) is 3. The van der Waals surface area contributed by atoms with Gasteiger partial charge in [-0.15, -0.1) is 0 Å². The highest BCUT2D eigenvalue weighted by molar-refractivity contribution is 5.92. The summed E-state index contributed by atoms with van der Waals surface area (Å²) in [5.74, 6) is 1.59. The Hall–Kier alpha value is -1.94.